The smallest absolute Gasteiger partial charge is 0.326 e. The number of aliphatic carboxylic acids is 1. The molecule has 0 spiro atoms. The van der Waals surface area contributed by atoms with Crippen LogP contribution in [-0.4, -0.2) is 28.0 Å². The zero-order valence-corrected chi connectivity index (χ0v) is 9.36. The summed E-state index contributed by atoms with van der Waals surface area (Å²) in [6.07, 6.45) is 1.57. The van der Waals surface area contributed by atoms with E-state index < -0.39 is 12.0 Å². The highest BCUT2D eigenvalue weighted by atomic mass is 35.5. The lowest BCUT2D eigenvalue weighted by Gasteiger charge is -2.12. The molecule has 0 aliphatic rings. The van der Waals surface area contributed by atoms with E-state index in [1.54, 1.807) is 12.1 Å². The maximum Gasteiger partial charge on any atom is 0.326 e. The predicted molar refractivity (Wildman–Crippen MR) is 58.2 cm³/mol. The molecule has 0 aliphatic carbocycles. The van der Waals surface area contributed by atoms with E-state index in [4.69, 9.17) is 16.7 Å². The van der Waals surface area contributed by atoms with Gasteiger partial charge in [-0.05, 0) is 12.1 Å². The number of rotatable bonds is 4. The SMILES string of the molecule is CC(=O)NC(Cc1ccc(Cl)cn1)C(=O)O. The molecule has 1 heterocycles. The Balaban J connectivity index is 2.71. The second-order valence-electron chi connectivity index (χ2n) is 3.26. The van der Waals surface area contributed by atoms with Gasteiger partial charge in [-0.25, -0.2) is 4.79 Å². The number of nitrogens with one attached hydrogen (secondary N) is 1. The van der Waals surface area contributed by atoms with Crippen molar-refractivity contribution in [2.45, 2.75) is 19.4 Å². The molecular weight excluding hydrogens is 232 g/mol. The number of carbonyl (C=O) groups excluding carboxylic acids is 1. The third kappa shape index (κ3) is 3.86. The standard InChI is InChI=1S/C10H11ClN2O3/c1-6(14)13-9(10(15)16)4-8-3-2-7(11)5-12-8/h2-3,5,9H,4H2,1H3,(H,13,14)(H,15,16). The van der Waals surface area contributed by atoms with Gasteiger partial charge in [-0.3, -0.25) is 9.78 Å². The summed E-state index contributed by atoms with van der Waals surface area (Å²) in [5, 5.41) is 11.7. The van der Waals surface area contributed by atoms with Gasteiger partial charge < -0.3 is 10.4 Å². The van der Waals surface area contributed by atoms with E-state index in [0.717, 1.165) is 0 Å². The number of pyridine rings is 1. The van der Waals surface area contributed by atoms with Crippen molar-refractivity contribution < 1.29 is 14.7 Å². The molecule has 1 aromatic rings. The highest BCUT2D eigenvalue weighted by Crippen LogP contribution is 2.07. The molecule has 5 nitrogen and oxygen atoms in total. The number of carboxylic acid groups (broad SMARTS) is 1. The number of halogens is 1. The minimum absolute atomic E-state index is 0.131. The average Bonchev–Trinajstić information content (AvgIpc) is 2.19. The summed E-state index contributed by atoms with van der Waals surface area (Å²) < 4.78 is 0. The molecule has 1 atom stereocenters. The Morgan fingerprint density at radius 1 is 1.56 bits per heavy atom. The molecule has 0 radical (unpaired) electrons. The summed E-state index contributed by atoms with van der Waals surface area (Å²) in [7, 11) is 0. The van der Waals surface area contributed by atoms with Crippen molar-refractivity contribution in [3.8, 4) is 0 Å². The van der Waals surface area contributed by atoms with E-state index in [0.29, 0.717) is 10.7 Å². The number of hydrogen-bond donors (Lipinski definition) is 2. The molecule has 0 aromatic carbocycles. The van der Waals surface area contributed by atoms with Crippen LogP contribution in [0.5, 0.6) is 0 Å². The van der Waals surface area contributed by atoms with Crippen LogP contribution >= 0.6 is 11.6 Å². The van der Waals surface area contributed by atoms with Crippen LogP contribution < -0.4 is 5.32 Å². The molecule has 16 heavy (non-hydrogen) atoms. The Labute approximate surface area is 97.4 Å². The first-order valence-electron chi connectivity index (χ1n) is 4.59. The lowest BCUT2D eigenvalue weighted by Crippen LogP contribution is -2.41. The second-order valence-corrected chi connectivity index (χ2v) is 3.70. The molecule has 0 saturated heterocycles. The first-order valence-corrected chi connectivity index (χ1v) is 4.97. The van der Waals surface area contributed by atoms with E-state index in [1.165, 1.54) is 13.1 Å². The number of aromatic nitrogens is 1. The average molecular weight is 243 g/mol. The summed E-state index contributed by atoms with van der Waals surface area (Å²) in [6.45, 7) is 1.27. The Morgan fingerprint density at radius 3 is 2.69 bits per heavy atom. The van der Waals surface area contributed by atoms with Gasteiger partial charge in [0.15, 0.2) is 0 Å². The number of carboxylic acids is 1. The van der Waals surface area contributed by atoms with Gasteiger partial charge in [0, 0.05) is 25.2 Å². The molecule has 86 valence electrons. The Hall–Kier alpha value is -1.62. The molecule has 1 amide bonds. The normalized spacial score (nSPS) is 11.9. The van der Waals surface area contributed by atoms with Gasteiger partial charge in [0.2, 0.25) is 5.91 Å². The summed E-state index contributed by atoms with van der Waals surface area (Å²) in [5.41, 5.74) is 0.561. The minimum atomic E-state index is -1.09. The van der Waals surface area contributed by atoms with Crippen molar-refractivity contribution >= 4 is 23.5 Å². The summed E-state index contributed by atoms with van der Waals surface area (Å²) in [4.78, 5) is 25.6. The Bertz CT molecular complexity index is 392. The predicted octanol–water partition coefficient (Wildman–Crippen LogP) is 0.867. The van der Waals surface area contributed by atoms with Crippen LogP contribution in [0.15, 0.2) is 18.3 Å². The van der Waals surface area contributed by atoms with E-state index in [2.05, 4.69) is 10.3 Å². The topological polar surface area (TPSA) is 79.3 Å². The van der Waals surface area contributed by atoms with Gasteiger partial charge in [0.05, 0.1) is 5.02 Å². The fourth-order valence-corrected chi connectivity index (χ4v) is 1.29. The Morgan fingerprint density at radius 2 is 2.25 bits per heavy atom. The largest absolute Gasteiger partial charge is 0.480 e. The maximum atomic E-state index is 10.8. The highest BCUT2D eigenvalue weighted by Gasteiger charge is 2.19. The number of hydrogen-bond acceptors (Lipinski definition) is 3. The van der Waals surface area contributed by atoms with Crippen molar-refractivity contribution in [3.05, 3.63) is 29.0 Å². The molecule has 1 rings (SSSR count). The monoisotopic (exact) mass is 242 g/mol. The van der Waals surface area contributed by atoms with Crippen molar-refractivity contribution in [3.63, 3.8) is 0 Å². The third-order valence-electron chi connectivity index (χ3n) is 1.88. The lowest BCUT2D eigenvalue weighted by molar-refractivity contribution is -0.141. The number of nitrogens with zero attached hydrogens (tertiary/aromatic N) is 1. The second kappa shape index (κ2) is 5.46. The van der Waals surface area contributed by atoms with Crippen LogP contribution in [0.1, 0.15) is 12.6 Å². The summed E-state index contributed by atoms with van der Waals surface area (Å²) in [5.74, 6) is -1.48. The van der Waals surface area contributed by atoms with E-state index >= 15 is 0 Å². The van der Waals surface area contributed by atoms with Gasteiger partial charge in [0.25, 0.3) is 0 Å². The van der Waals surface area contributed by atoms with Crippen molar-refractivity contribution in [1.82, 2.24) is 10.3 Å². The van der Waals surface area contributed by atoms with Gasteiger partial charge in [0.1, 0.15) is 6.04 Å². The minimum Gasteiger partial charge on any atom is -0.480 e. The van der Waals surface area contributed by atoms with E-state index in [-0.39, 0.29) is 12.3 Å². The third-order valence-corrected chi connectivity index (χ3v) is 2.10. The highest BCUT2D eigenvalue weighted by molar-refractivity contribution is 6.30. The van der Waals surface area contributed by atoms with E-state index in [9.17, 15) is 9.59 Å². The zero-order valence-electron chi connectivity index (χ0n) is 8.61. The molecule has 0 fully saturated rings. The zero-order chi connectivity index (χ0) is 12.1. The maximum absolute atomic E-state index is 10.8. The van der Waals surface area contributed by atoms with Crippen LogP contribution in [0.2, 0.25) is 5.02 Å². The van der Waals surface area contributed by atoms with Crippen LogP contribution in [0.4, 0.5) is 0 Å². The quantitative estimate of drug-likeness (QED) is 0.821. The molecule has 1 unspecified atom stereocenters. The van der Waals surface area contributed by atoms with Crippen LogP contribution in [0, 0.1) is 0 Å². The van der Waals surface area contributed by atoms with Crippen molar-refractivity contribution in [1.29, 1.82) is 0 Å². The fourth-order valence-electron chi connectivity index (χ4n) is 1.18. The van der Waals surface area contributed by atoms with Gasteiger partial charge in [-0.2, -0.15) is 0 Å². The van der Waals surface area contributed by atoms with Crippen molar-refractivity contribution in [2.75, 3.05) is 0 Å². The van der Waals surface area contributed by atoms with Gasteiger partial charge >= 0.3 is 5.97 Å². The number of carbonyl (C=O) groups is 2. The van der Waals surface area contributed by atoms with Crippen molar-refractivity contribution in [2.24, 2.45) is 0 Å². The molecule has 6 heteroatoms. The summed E-state index contributed by atoms with van der Waals surface area (Å²) in [6, 6.07) is 2.28. The van der Waals surface area contributed by atoms with Crippen LogP contribution in [-0.2, 0) is 16.0 Å². The first-order chi connectivity index (χ1) is 7.49. The fraction of sp³-hybridized carbons (Fsp3) is 0.300. The molecule has 2 N–H and O–H groups in total. The lowest BCUT2D eigenvalue weighted by atomic mass is 10.1. The molecule has 1 aromatic heterocycles. The number of amides is 1. The first kappa shape index (κ1) is 12.4. The molecular formula is C10H11ClN2O3. The van der Waals surface area contributed by atoms with Gasteiger partial charge in [-0.1, -0.05) is 11.6 Å². The van der Waals surface area contributed by atoms with Crippen LogP contribution in [0.3, 0.4) is 0 Å². The van der Waals surface area contributed by atoms with Gasteiger partial charge in [-0.15, -0.1) is 0 Å². The summed E-state index contributed by atoms with van der Waals surface area (Å²) >= 11 is 5.65. The molecule has 0 aliphatic heterocycles. The molecule has 0 saturated carbocycles. The molecule has 0 bridgehead atoms. The van der Waals surface area contributed by atoms with E-state index in [1.807, 2.05) is 0 Å². The van der Waals surface area contributed by atoms with Crippen LogP contribution in [0.25, 0.3) is 0 Å². The Kier molecular flexibility index (Phi) is 4.25.